The molecule has 6 nitrogen and oxygen atoms in total. The minimum absolute atomic E-state index is 0.0556. The molecule has 2 saturated heterocycles. The number of hydrogen-bond donors (Lipinski definition) is 0. The Balaban J connectivity index is 1.59. The summed E-state index contributed by atoms with van der Waals surface area (Å²) in [5, 5.41) is 8.85. The predicted molar refractivity (Wildman–Crippen MR) is 96.2 cm³/mol. The summed E-state index contributed by atoms with van der Waals surface area (Å²) < 4.78 is 0. The lowest BCUT2D eigenvalue weighted by molar-refractivity contribution is 0.0569. The number of rotatable bonds is 4. The fraction of sp³-hybridized carbons (Fsp3) is 0.632. The molecule has 25 heavy (non-hydrogen) atoms. The van der Waals surface area contributed by atoms with Crippen LogP contribution >= 0.6 is 0 Å². The van der Waals surface area contributed by atoms with E-state index in [-0.39, 0.29) is 5.91 Å². The molecule has 134 valence electrons. The molecule has 2 aliphatic heterocycles. The van der Waals surface area contributed by atoms with Crippen LogP contribution in [0, 0.1) is 11.3 Å². The van der Waals surface area contributed by atoms with Crippen molar-refractivity contribution in [1.82, 2.24) is 19.7 Å². The second kappa shape index (κ2) is 8.41. The third kappa shape index (κ3) is 4.56. The van der Waals surface area contributed by atoms with Gasteiger partial charge in [-0.05, 0) is 44.9 Å². The molecular formula is C19H27N5O. The quantitative estimate of drug-likeness (QED) is 0.832. The van der Waals surface area contributed by atoms with Gasteiger partial charge >= 0.3 is 0 Å². The Morgan fingerprint density at radius 1 is 1.24 bits per heavy atom. The van der Waals surface area contributed by atoms with Crippen LogP contribution in [-0.4, -0.2) is 77.9 Å². The van der Waals surface area contributed by atoms with Crippen molar-refractivity contribution >= 4 is 5.91 Å². The van der Waals surface area contributed by atoms with Gasteiger partial charge < -0.3 is 14.7 Å². The van der Waals surface area contributed by atoms with Gasteiger partial charge in [0.25, 0.3) is 5.91 Å². The van der Waals surface area contributed by atoms with E-state index < -0.39 is 0 Å². The zero-order valence-corrected chi connectivity index (χ0v) is 15.0. The average molecular weight is 341 g/mol. The topological polar surface area (TPSA) is 63.5 Å². The molecule has 1 amide bonds. The van der Waals surface area contributed by atoms with E-state index in [2.05, 4.69) is 21.8 Å². The summed E-state index contributed by atoms with van der Waals surface area (Å²) in [4.78, 5) is 23.8. The molecule has 0 saturated carbocycles. The average Bonchev–Trinajstić information content (AvgIpc) is 2.67. The lowest BCUT2D eigenvalue weighted by atomic mass is 9.98. The number of carbonyl (C=O) groups is 1. The molecule has 0 spiro atoms. The summed E-state index contributed by atoms with van der Waals surface area (Å²) in [7, 11) is 2.17. The van der Waals surface area contributed by atoms with Gasteiger partial charge in [0, 0.05) is 51.5 Å². The number of piperazine rings is 1. The third-order valence-electron chi connectivity index (χ3n) is 5.39. The van der Waals surface area contributed by atoms with Crippen molar-refractivity contribution in [3.05, 3.63) is 29.6 Å². The largest absolute Gasteiger partial charge is 0.336 e. The molecule has 1 atom stereocenters. The van der Waals surface area contributed by atoms with Crippen LogP contribution in [0.15, 0.2) is 18.3 Å². The van der Waals surface area contributed by atoms with Gasteiger partial charge in [0.1, 0.15) is 11.8 Å². The Bertz CT molecular complexity index is 616. The number of likely N-dealkylation sites (tertiary alicyclic amines) is 1. The van der Waals surface area contributed by atoms with Gasteiger partial charge in [-0.25, -0.2) is 4.98 Å². The van der Waals surface area contributed by atoms with Crippen molar-refractivity contribution in [3.63, 3.8) is 0 Å². The predicted octanol–water partition coefficient (Wildman–Crippen LogP) is 1.59. The highest BCUT2D eigenvalue weighted by atomic mass is 16.2. The molecule has 0 bridgehead atoms. The van der Waals surface area contributed by atoms with E-state index in [0.29, 0.717) is 17.3 Å². The molecule has 2 aliphatic rings. The number of pyridine rings is 1. The van der Waals surface area contributed by atoms with E-state index in [0.717, 1.165) is 58.5 Å². The fourth-order valence-corrected chi connectivity index (χ4v) is 3.72. The number of carbonyl (C=O) groups excluding carboxylic acids is 1. The normalized spacial score (nSPS) is 22.6. The number of likely N-dealkylation sites (N-methyl/N-ethyl adjacent to an activating group) is 1. The first-order valence-corrected chi connectivity index (χ1v) is 9.25. The molecule has 1 aromatic rings. The molecule has 3 heterocycles. The van der Waals surface area contributed by atoms with Crippen molar-refractivity contribution in [2.24, 2.45) is 0 Å². The van der Waals surface area contributed by atoms with Crippen LogP contribution in [0.5, 0.6) is 0 Å². The van der Waals surface area contributed by atoms with E-state index in [1.165, 1.54) is 12.6 Å². The number of aromatic nitrogens is 1. The molecule has 0 radical (unpaired) electrons. The molecule has 6 heteroatoms. The van der Waals surface area contributed by atoms with Gasteiger partial charge in [0.2, 0.25) is 0 Å². The zero-order valence-electron chi connectivity index (χ0n) is 15.0. The molecular weight excluding hydrogens is 314 g/mol. The Morgan fingerprint density at radius 3 is 2.72 bits per heavy atom. The lowest BCUT2D eigenvalue weighted by Crippen LogP contribution is -2.48. The van der Waals surface area contributed by atoms with Crippen LogP contribution in [0.2, 0.25) is 0 Å². The van der Waals surface area contributed by atoms with Gasteiger partial charge in [-0.15, -0.1) is 0 Å². The van der Waals surface area contributed by atoms with Gasteiger partial charge in [-0.1, -0.05) is 0 Å². The van der Waals surface area contributed by atoms with E-state index in [4.69, 9.17) is 5.26 Å². The van der Waals surface area contributed by atoms with Gasteiger partial charge in [0.05, 0.1) is 5.56 Å². The molecule has 0 aromatic carbocycles. The minimum atomic E-state index is 0.0556. The van der Waals surface area contributed by atoms with Crippen molar-refractivity contribution in [1.29, 1.82) is 5.26 Å². The zero-order chi connectivity index (χ0) is 17.6. The van der Waals surface area contributed by atoms with Gasteiger partial charge in [0.15, 0.2) is 0 Å². The lowest BCUT2D eigenvalue weighted by Gasteiger charge is -2.38. The molecule has 3 rings (SSSR count). The van der Waals surface area contributed by atoms with Crippen molar-refractivity contribution < 1.29 is 4.79 Å². The van der Waals surface area contributed by atoms with Crippen LogP contribution < -0.4 is 0 Å². The summed E-state index contributed by atoms with van der Waals surface area (Å²) >= 11 is 0. The Hall–Kier alpha value is -1.97. The Kier molecular flexibility index (Phi) is 6.00. The van der Waals surface area contributed by atoms with Crippen LogP contribution in [0.4, 0.5) is 0 Å². The summed E-state index contributed by atoms with van der Waals surface area (Å²) in [6, 6.07) is 5.66. The maximum absolute atomic E-state index is 12.9. The summed E-state index contributed by atoms with van der Waals surface area (Å²) in [6.45, 7) is 6.39. The van der Waals surface area contributed by atoms with Gasteiger partial charge in [-0.2, -0.15) is 5.26 Å². The van der Waals surface area contributed by atoms with Crippen LogP contribution in [-0.2, 0) is 0 Å². The van der Waals surface area contributed by atoms with Crippen molar-refractivity contribution in [2.75, 3.05) is 46.3 Å². The highest BCUT2D eigenvalue weighted by molar-refractivity contribution is 5.94. The summed E-state index contributed by atoms with van der Waals surface area (Å²) in [5.41, 5.74) is 0.937. The van der Waals surface area contributed by atoms with E-state index in [9.17, 15) is 4.79 Å². The second-order valence-corrected chi connectivity index (χ2v) is 7.13. The minimum Gasteiger partial charge on any atom is -0.336 e. The maximum Gasteiger partial charge on any atom is 0.255 e. The fourth-order valence-electron chi connectivity index (χ4n) is 3.72. The summed E-state index contributed by atoms with van der Waals surface area (Å²) in [5.74, 6) is 0.0556. The highest BCUT2D eigenvalue weighted by Crippen LogP contribution is 2.22. The van der Waals surface area contributed by atoms with Crippen molar-refractivity contribution in [2.45, 2.75) is 31.7 Å². The first kappa shape index (κ1) is 17.8. The molecule has 1 aromatic heterocycles. The van der Waals surface area contributed by atoms with E-state index >= 15 is 0 Å². The second-order valence-electron chi connectivity index (χ2n) is 7.13. The van der Waals surface area contributed by atoms with Crippen LogP contribution in [0.3, 0.4) is 0 Å². The van der Waals surface area contributed by atoms with Crippen LogP contribution in [0.1, 0.15) is 41.7 Å². The monoisotopic (exact) mass is 341 g/mol. The number of piperidine rings is 1. The first-order valence-electron chi connectivity index (χ1n) is 9.25. The van der Waals surface area contributed by atoms with Gasteiger partial charge in [-0.3, -0.25) is 4.79 Å². The maximum atomic E-state index is 12.9. The standard InChI is InChI=1S/C19H27N5O/c1-22-10-12-23(13-11-22)9-7-18-4-2-3-8-24(18)19(25)16-5-6-17(14-20)21-15-16/h5-6,15,18H,2-4,7-13H2,1H3. The summed E-state index contributed by atoms with van der Waals surface area (Å²) in [6.07, 6.45) is 5.93. The molecule has 2 fully saturated rings. The van der Waals surface area contributed by atoms with E-state index in [1.807, 2.05) is 11.0 Å². The number of nitrogens with zero attached hydrogens (tertiary/aromatic N) is 5. The Morgan fingerprint density at radius 2 is 2.04 bits per heavy atom. The third-order valence-corrected chi connectivity index (χ3v) is 5.39. The Labute approximate surface area is 150 Å². The van der Waals surface area contributed by atoms with Crippen molar-refractivity contribution in [3.8, 4) is 6.07 Å². The smallest absolute Gasteiger partial charge is 0.255 e. The SMILES string of the molecule is CN1CCN(CCC2CCCCN2C(=O)c2ccc(C#N)nc2)CC1. The van der Waals surface area contributed by atoms with Crippen LogP contribution in [0.25, 0.3) is 0 Å². The number of hydrogen-bond acceptors (Lipinski definition) is 5. The molecule has 0 N–H and O–H groups in total. The van der Waals surface area contributed by atoms with E-state index in [1.54, 1.807) is 12.1 Å². The molecule has 1 unspecified atom stereocenters. The molecule has 0 aliphatic carbocycles. The number of nitriles is 1. The number of amides is 1. The highest BCUT2D eigenvalue weighted by Gasteiger charge is 2.28. The first-order chi connectivity index (χ1) is 12.2.